The van der Waals surface area contributed by atoms with Gasteiger partial charge in [0.05, 0.1) is 20.3 Å². The van der Waals surface area contributed by atoms with Crippen LogP contribution in [0.2, 0.25) is 0 Å². The molecule has 0 fully saturated rings. The zero-order chi connectivity index (χ0) is 12.4. The van der Waals surface area contributed by atoms with Gasteiger partial charge < -0.3 is 10.5 Å². The number of nitrogens with two attached hydrogens (primary N) is 1. The normalized spacial score (nSPS) is 14.4. The molecule has 0 aliphatic rings. The number of esters is 1. The fourth-order valence-electron chi connectivity index (χ4n) is 0.671. The van der Waals surface area contributed by atoms with Crippen molar-refractivity contribution in [3.63, 3.8) is 0 Å². The Hall–Kier alpha value is -0.500. The Kier molecular flexibility index (Phi) is 8.36. The molecule has 0 saturated carbocycles. The van der Waals surface area contributed by atoms with Crippen LogP contribution in [0.4, 0.5) is 0 Å². The van der Waals surface area contributed by atoms with Crippen molar-refractivity contribution in [3.05, 3.63) is 0 Å². The molecule has 0 amide bonds. The third-order valence-electron chi connectivity index (χ3n) is 1.17. The van der Waals surface area contributed by atoms with Crippen LogP contribution in [0.3, 0.4) is 0 Å². The zero-order valence-corrected chi connectivity index (χ0v) is 10.1. The second-order valence-corrected chi connectivity index (χ2v) is 4.04. The second-order valence-electron chi connectivity index (χ2n) is 2.48. The molecule has 96 valence electrons. The second kappa shape index (κ2) is 8.63. The number of hydrogen-bond acceptors (Lipinski definition) is 8. The number of carbonyl (C=O) groups is 1. The van der Waals surface area contributed by atoms with Crippen LogP contribution < -0.4 is 5.73 Å². The average molecular weight is 257 g/mol. The van der Waals surface area contributed by atoms with Crippen LogP contribution in [-0.2, 0) is 32.7 Å². The van der Waals surface area contributed by atoms with Crippen molar-refractivity contribution in [1.82, 2.24) is 0 Å². The summed E-state index contributed by atoms with van der Waals surface area (Å²) in [6.45, 7) is 1.21. The Morgan fingerprint density at radius 1 is 1.25 bits per heavy atom. The summed E-state index contributed by atoms with van der Waals surface area (Å²) in [7, 11) is -2.63. The lowest BCUT2D eigenvalue weighted by atomic mass is 10.7. The topological polar surface area (TPSA) is 106 Å². The number of phosphoric acid groups is 1. The fraction of sp³-hybridized carbons (Fsp3) is 0.857. The largest absolute Gasteiger partial charge is 0.502 e. The van der Waals surface area contributed by atoms with Gasteiger partial charge in [0.2, 0.25) is 0 Å². The summed E-state index contributed by atoms with van der Waals surface area (Å²) in [6, 6.07) is 0. The van der Waals surface area contributed by atoms with E-state index in [1.807, 2.05) is 0 Å². The van der Waals surface area contributed by atoms with Crippen molar-refractivity contribution in [1.29, 1.82) is 0 Å². The number of carbonyl (C=O) groups excluding carboxylic acids is 1. The molecule has 2 N–H and O–H groups in total. The number of hydrogen-bond donors (Lipinski definition) is 1. The Morgan fingerprint density at radius 3 is 2.38 bits per heavy atom. The molecule has 0 heterocycles. The minimum Gasteiger partial charge on any atom is -0.463 e. The van der Waals surface area contributed by atoms with Crippen LogP contribution in [0.5, 0.6) is 0 Å². The highest BCUT2D eigenvalue weighted by Gasteiger charge is 2.27. The lowest BCUT2D eigenvalue weighted by molar-refractivity contribution is -0.201. The first-order valence-corrected chi connectivity index (χ1v) is 5.95. The maximum Gasteiger partial charge on any atom is 0.502 e. The SMILES string of the molecule is COOP(=O)(OCCN)OCCOC(C)=O. The van der Waals surface area contributed by atoms with Gasteiger partial charge >= 0.3 is 13.8 Å². The molecule has 0 aromatic carbocycles. The Labute approximate surface area is 93.5 Å². The third-order valence-corrected chi connectivity index (χ3v) is 2.50. The Balaban J connectivity index is 3.91. The van der Waals surface area contributed by atoms with Crippen molar-refractivity contribution in [2.45, 2.75) is 6.92 Å². The maximum atomic E-state index is 11.6. The van der Waals surface area contributed by atoms with Crippen LogP contribution in [0.25, 0.3) is 0 Å². The maximum absolute atomic E-state index is 11.6. The first-order valence-electron chi connectivity index (χ1n) is 4.49. The van der Waals surface area contributed by atoms with Crippen molar-refractivity contribution in [2.75, 3.05) is 33.5 Å². The predicted molar refractivity (Wildman–Crippen MR) is 53.3 cm³/mol. The molecule has 0 aliphatic heterocycles. The van der Waals surface area contributed by atoms with Crippen LogP contribution in [0, 0.1) is 0 Å². The Morgan fingerprint density at radius 2 is 1.88 bits per heavy atom. The molecule has 1 atom stereocenters. The lowest BCUT2D eigenvalue weighted by Gasteiger charge is -2.15. The number of phosphoric ester groups is 1. The van der Waals surface area contributed by atoms with E-state index in [1.54, 1.807) is 0 Å². The average Bonchev–Trinajstić information content (AvgIpc) is 2.22. The summed E-state index contributed by atoms with van der Waals surface area (Å²) < 4.78 is 30.1. The summed E-state index contributed by atoms with van der Waals surface area (Å²) in [5, 5.41) is 0. The highest BCUT2D eigenvalue weighted by molar-refractivity contribution is 7.48. The van der Waals surface area contributed by atoms with Gasteiger partial charge in [0.1, 0.15) is 6.61 Å². The van der Waals surface area contributed by atoms with Crippen LogP contribution >= 0.6 is 7.82 Å². The quantitative estimate of drug-likeness (QED) is 0.205. The van der Waals surface area contributed by atoms with Crippen molar-refractivity contribution in [2.24, 2.45) is 5.73 Å². The molecule has 0 aliphatic carbocycles. The van der Waals surface area contributed by atoms with E-state index in [-0.39, 0.29) is 26.4 Å². The minimum absolute atomic E-state index is 0.00575. The smallest absolute Gasteiger partial charge is 0.463 e. The van der Waals surface area contributed by atoms with Crippen molar-refractivity contribution in [3.8, 4) is 0 Å². The summed E-state index contributed by atoms with van der Waals surface area (Å²) in [4.78, 5) is 14.6. The molecule has 0 rings (SSSR count). The summed E-state index contributed by atoms with van der Waals surface area (Å²) >= 11 is 0. The van der Waals surface area contributed by atoms with Gasteiger partial charge in [-0.2, -0.15) is 0 Å². The van der Waals surface area contributed by atoms with Crippen LogP contribution in [0.1, 0.15) is 6.92 Å². The first-order chi connectivity index (χ1) is 7.54. The Bertz CT molecular complexity index is 247. The first kappa shape index (κ1) is 15.5. The van der Waals surface area contributed by atoms with E-state index < -0.39 is 13.8 Å². The molecule has 8 nitrogen and oxygen atoms in total. The van der Waals surface area contributed by atoms with Gasteiger partial charge in [-0.15, -0.1) is 4.67 Å². The van der Waals surface area contributed by atoms with Gasteiger partial charge in [0.15, 0.2) is 0 Å². The molecular formula is C7H16NO7P. The van der Waals surface area contributed by atoms with E-state index in [9.17, 15) is 9.36 Å². The number of rotatable bonds is 9. The van der Waals surface area contributed by atoms with Gasteiger partial charge in [-0.3, -0.25) is 13.8 Å². The summed E-state index contributed by atoms with van der Waals surface area (Å²) in [5.74, 6) is -0.464. The highest BCUT2D eigenvalue weighted by Crippen LogP contribution is 2.49. The highest BCUT2D eigenvalue weighted by atomic mass is 31.2. The molecule has 0 radical (unpaired) electrons. The lowest BCUT2D eigenvalue weighted by Crippen LogP contribution is -2.12. The predicted octanol–water partition coefficient (Wildman–Crippen LogP) is 0.227. The van der Waals surface area contributed by atoms with Gasteiger partial charge in [0.25, 0.3) is 0 Å². The minimum atomic E-state index is -3.79. The molecule has 0 aromatic heterocycles. The monoisotopic (exact) mass is 257 g/mol. The molecule has 9 heteroatoms. The molecule has 16 heavy (non-hydrogen) atoms. The van der Waals surface area contributed by atoms with E-state index in [2.05, 4.69) is 14.3 Å². The van der Waals surface area contributed by atoms with E-state index in [4.69, 9.17) is 14.8 Å². The summed E-state index contributed by atoms with van der Waals surface area (Å²) in [5.41, 5.74) is 5.16. The molecule has 1 unspecified atom stereocenters. The molecular weight excluding hydrogens is 241 g/mol. The number of ether oxygens (including phenoxy) is 1. The fourth-order valence-corrected chi connectivity index (χ4v) is 1.64. The van der Waals surface area contributed by atoms with Crippen molar-refractivity contribution < 1.29 is 32.7 Å². The van der Waals surface area contributed by atoms with Crippen molar-refractivity contribution >= 4 is 13.8 Å². The van der Waals surface area contributed by atoms with E-state index in [1.165, 1.54) is 6.92 Å². The molecule has 0 aromatic rings. The van der Waals surface area contributed by atoms with E-state index in [0.29, 0.717) is 0 Å². The molecule has 0 spiro atoms. The van der Waals surface area contributed by atoms with Gasteiger partial charge in [-0.25, -0.2) is 9.45 Å². The van der Waals surface area contributed by atoms with Gasteiger partial charge in [-0.1, -0.05) is 0 Å². The zero-order valence-electron chi connectivity index (χ0n) is 9.21. The third kappa shape index (κ3) is 7.75. The van der Waals surface area contributed by atoms with E-state index >= 15 is 0 Å². The standard InChI is InChI=1S/C7H16NO7P/c1-7(9)12-5-6-14-16(10,15-11-2)13-4-3-8/h3-6,8H2,1-2H3. The van der Waals surface area contributed by atoms with Crippen LogP contribution in [0.15, 0.2) is 0 Å². The van der Waals surface area contributed by atoms with Gasteiger partial charge in [0, 0.05) is 13.5 Å². The summed E-state index contributed by atoms with van der Waals surface area (Å²) in [6.07, 6.45) is 0. The molecule has 0 saturated heterocycles. The molecule has 0 bridgehead atoms. The van der Waals surface area contributed by atoms with Gasteiger partial charge in [-0.05, 0) is 0 Å². The van der Waals surface area contributed by atoms with Crippen LogP contribution in [-0.4, -0.2) is 39.4 Å². The van der Waals surface area contributed by atoms with E-state index in [0.717, 1.165) is 7.11 Å².